The fraction of sp³-hybridized carbons (Fsp3) is 0.407. The molecular formula is C27H28ClFN2O3S. The van der Waals surface area contributed by atoms with Gasteiger partial charge in [-0.25, -0.2) is 4.39 Å². The highest BCUT2D eigenvalue weighted by Crippen LogP contribution is 2.33. The summed E-state index contributed by atoms with van der Waals surface area (Å²) in [6.45, 7) is 2.15. The van der Waals surface area contributed by atoms with E-state index >= 15 is 0 Å². The number of nitrogens with zero attached hydrogens (tertiary/aromatic N) is 2. The van der Waals surface area contributed by atoms with Crippen molar-refractivity contribution in [2.45, 2.75) is 32.1 Å². The first-order valence-corrected chi connectivity index (χ1v) is 13.0. The normalized spacial score (nSPS) is 18.3. The van der Waals surface area contributed by atoms with Crippen molar-refractivity contribution in [3.63, 3.8) is 0 Å². The van der Waals surface area contributed by atoms with Crippen molar-refractivity contribution in [1.29, 1.82) is 0 Å². The molecule has 35 heavy (non-hydrogen) atoms. The smallest absolute Gasteiger partial charge is 0.303 e. The first kappa shape index (κ1) is 25.4. The lowest BCUT2D eigenvalue weighted by atomic mass is 9.80. The van der Waals surface area contributed by atoms with Gasteiger partial charge in [-0.15, -0.1) is 11.3 Å². The number of benzene rings is 1. The number of likely N-dealkylation sites (tertiary alicyclic amines) is 1. The van der Waals surface area contributed by atoms with Crippen LogP contribution in [0.3, 0.4) is 0 Å². The van der Waals surface area contributed by atoms with Crippen LogP contribution in [0.5, 0.6) is 5.75 Å². The lowest BCUT2D eigenvalue weighted by Gasteiger charge is -2.37. The minimum atomic E-state index is -0.766. The minimum Gasteiger partial charge on any atom is -0.497 e. The lowest BCUT2D eigenvalue weighted by molar-refractivity contribution is -0.139. The molecule has 5 nitrogen and oxygen atoms in total. The van der Waals surface area contributed by atoms with E-state index in [-0.39, 0.29) is 18.2 Å². The van der Waals surface area contributed by atoms with Gasteiger partial charge in [-0.1, -0.05) is 23.4 Å². The van der Waals surface area contributed by atoms with Crippen molar-refractivity contribution in [3.8, 4) is 17.6 Å². The molecule has 0 aliphatic carbocycles. The molecule has 1 fully saturated rings. The predicted octanol–water partition coefficient (Wildman–Crippen LogP) is 5.88. The van der Waals surface area contributed by atoms with Gasteiger partial charge in [0.1, 0.15) is 11.6 Å². The Hall–Kier alpha value is -2.66. The van der Waals surface area contributed by atoms with Gasteiger partial charge in [0.2, 0.25) is 0 Å². The number of carboxylic acids is 1. The van der Waals surface area contributed by atoms with Crippen LogP contribution < -0.4 is 4.74 Å². The van der Waals surface area contributed by atoms with Gasteiger partial charge in [-0.2, -0.15) is 0 Å². The summed E-state index contributed by atoms with van der Waals surface area (Å²) in [5.41, 5.74) is 1.94. The van der Waals surface area contributed by atoms with E-state index in [1.165, 1.54) is 22.8 Å². The van der Waals surface area contributed by atoms with E-state index in [0.717, 1.165) is 54.4 Å². The number of halogens is 2. The van der Waals surface area contributed by atoms with Crippen LogP contribution >= 0.6 is 22.9 Å². The SMILES string of the molecule is COc1ccc2ncc(Cl)c(CCC[C@@H]3CCN(CC#Cc4cc(F)cs4)C[C@H]3CC(=O)O)c2c1. The Morgan fingerprint density at radius 2 is 2.23 bits per heavy atom. The Morgan fingerprint density at radius 3 is 2.97 bits per heavy atom. The molecule has 0 spiro atoms. The maximum atomic E-state index is 13.1. The Kier molecular flexibility index (Phi) is 8.61. The number of carboxylic acid groups (broad SMARTS) is 1. The maximum Gasteiger partial charge on any atom is 0.303 e. The number of carbonyl (C=O) groups is 1. The van der Waals surface area contributed by atoms with Crippen molar-refractivity contribution in [2.24, 2.45) is 11.8 Å². The van der Waals surface area contributed by atoms with Crippen molar-refractivity contribution in [3.05, 3.63) is 57.1 Å². The van der Waals surface area contributed by atoms with E-state index in [9.17, 15) is 14.3 Å². The Balaban J connectivity index is 1.38. The molecule has 1 aromatic carbocycles. The molecule has 1 saturated heterocycles. The summed E-state index contributed by atoms with van der Waals surface area (Å²) in [6, 6.07) is 7.23. The summed E-state index contributed by atoms with van der Waals surface area (Å²) in [5, 5.41) is 12.6. The molecule has 4 rings (SSSR count). The largest absolute Gasteiger partial charge is 0.497 e. The Bertz CT molecular complexity index is 1250. The Morgan fingerprint density at radius 1 is 1.37 bits per heavy atom. The first-order chi connectivity index (χ1) is 16.9. The van der Waals surface area contributed by atoms with Gasteiger partial charge in [0, 0.05) is 36.0 Å². The molecule has 3 heterocycles. The zero-order valence-corrected chi connectivity index (χ0v) is 21.2. The molecule has 1 N–H and O–H groups in total. The third kappa shape index (κ3) is 6.72. The van der Waals surface area contributed by atoms with Crippen molar-refractivity contribution in [1.82, 2.24) is 9.88 Å². The van der Waals surface area contributed by atoms with E-state index in [1.54, 1.807) is 13.3 Å². The number of hydrogen-bond acceptors (Lipinski definition) is 5. The van der Waals surface area contributed by atoms with E-state index in [4.69, 9.17) is 16.3 Å². The average Bonchev–Trinajstić information content (AvgIpc) is 3.25. The Labute approximate surface area is 213 Å². The highest BCUT2D eigenvalue weighted by atomic mass is 35.5. The number of rotatable bonds is 8. The number of hydrogen-bond donors (Lipinski definition) is 1. The number of pyridine rings is 1. The third-order valence-electron chi connectivity index (χ3n) is 6.63. The van der Waals surface area contributed by atoms with Crippen LogP contribution in [0.1, 0.15) is 36.1 Å². The number of piperidine rings is 1. The van der Waals surface area contributed by atoms with Gasteiger partial charge in [-0.05, 0) is 67.8 Å². The number of aryl methyl sites for hydroxylation is 1. The molecule has 0 radical (unpaired) electrons. The quantitative estimate of drug-likeness (QED) is 0.380. The maximum absolute atomic E-state index is 13.1. The van der Waals surface area contributed by atoms with E-state index in [2.05, 4.69) is 21.7 Å². The molecule has 1 aliphatic heterocycles. The molecule has 2 aromatic heterocycles. The fourth-order valence-corrected chi connectivity index (χ4v) is 5.74. The zero-order valence-electron chi connectivity index (χ0n) is 19.6. The molecule has 1 aliphatic rings. The average molecular weight is 515 g/mol. The number of fused-ring (bicyclic) bond motifs is 1. The molecule has 184 valence electrons. The standard InChI is InChI=1S/C27H28ClFN2O3S/c1-34-21-7-8-26-24(14-21)23(25(28)15-30-26)6-2-4-18-9-11-31(16-19(18)12-27(32)33)10-3-5-22-13-20(29)17-35-22/h7-8,13-15,17-19H,2,4,6,9-12,16H2,1H3,(H,32,33)/t18-,19-/m1/s1. The molecular weight excluding hydrogens is 487 g/mol. The van der Waals surface area contributed by atoms with Gasteiger partial charge in [0.15, 0.2) is 0 Å². The molecule has 0 saturated carbocycles. The number of thiophene rings is 1. The molecule has 0 bridgehead atoms. The van der Waals surface area contributed by atoms with Gasteiger partial charge in [-0.3, -0.25) is 14.7 Å². The second-order valence-electron chi connectivity index (χ2n) is 8.93. The molecule has 0 unspecified atom stereocenters. The predicted molar refractivity (Wildman–Crippen MR) is 138 cm³/mol. The summed E-state index contributed by atoms with van der Waals surface area (Å²) >= 11 is 7.80. The monoisotopic (exact) mass is 514 g/mol. The summed E-state index contributed by atoms with van der Waals surface area (Å²) < 4.78 is 18.5. The van der Waals surface area contributed by atoms with Crippen LogP contribution in [0.25, 0.3) is 10.9 Å². The van der Waals surface area contributed by atoms with Crippen LogP contribution in [0.15, 0.2) is 35.8 Å². The molecule has 3 aromatic rings. The summed E-state index contributed by atoms with van der Waals surface area (Å²) in [6.07, 6.45) is 5.44. The van der Waals surface area contributed by atoms with Gasteiger partial charge in [0.25, 0.3) is 0 Å². The summed E-state index contributed by atoms with van der Waals surface area (Å²) in [5.74, 6) is 6.27. The van der Waals surface area contributed by atoms with Crippen molar-refractivity contribution >= 4 is 39.8 Å². The third-order valence-corrected chi connectivity index (χ3v) is 7.77. The minimum absolute atomic E-state index is 0.0759. The second kappa shape index (κ2) is 11.9. The van der Waals surface area contributed by atoms with Crippen molar-refractivity contribution in [2.75, 3.05) is 26.7 Å². The number of ether oxygens (including phenoxy) is 1. The highest BCUT2D eigenvalue weighted by molar-refractivity contribution is 7.10. The van der Waals surface area contributed by atoms with Gasteiger partial charge in [0.05, 0.1) is 29.1 Å². The van der Waals surface area contributed by atoms with E-state index in [1.807, 2.05) is 18.2 Å². The van der Waals surface area contributed by atoms with Crippen LogP contribution in [0.2, 0.25) is 5.02 Å². The van der Waals surface area contributed by atoms with Crippen molar-refractivity contribution < 1.29 is 19.0 Å². The van der Waals surface area contributed by atoms with Crippen LogP contribution in [-0.4, -0.2) is 47.7 Å². The van der Waals surface area contributed by atoms with Crippen LogP contribution in [-0.2, 0) is 11.2 Å². The molecule has 0 amide bonds. The van der Waals surface area contributed by atoms with E-state index < -0.39 is 5.97 Å². The van der Waals surface area contributed by atoms with Crippen LogP contribution in [0.4, 0.5) is 4.39 Å². The number of aliphatic carboxylic acids is 1. The summed E-state index contributed by atoms with van der Waals surface area (Å²) in [4.78, 5) is 18.9. The number of aromatic nitrogens is 1. The van der Waals surface area contributed by atoms with Crippen LogP contribution in [0, 0.1) is 29.5 Å². The van der Waals surface area contributed by atoms with Gasteiger partial charge >= 0.3 is 5.97 Å². The summed E-state index contributed by atoms with van der Waals surface area (Å²) in [7, 11) is 1.64. The zero-order chi connectivity index (χ0) is 24.8. The molecule has 8 heteroatoms. The lowest BCUT2D eigenvalue weighted by Crippen LogP contribution is -2.41. The highest BCUT2D eigenvalue weighted by Gasteiger charge is 2.30. The topological polar surface area (TPSA) is 62.7 Å². The molecule has 2 atom stereocenters. The van der Waals surface area contributed by atoms with E-state index in [0.29, 0.717) is 28.9 Å². The fourth-order valence-electron chi connectivity index (χ4n) is 4.88. The number of methoxy groups -OCH3 is 1. The first-order valence-electron chi connectivity index (χ1n) is 11.7. The second-order valence-corrected chi connectivity index (χ2v) is 10.3. The van der Waals surface area contributed by atoms with Gasteiger partial charge < -0.3 is 9.84 Å².